The predicted octanol–water partition coefficient (Wildman–Crippen LogP) is 1.58. The molecule has 0 N–H and O–H groups in total. The Morgan fingerprint density at radius 3 is 2.95 bits per heavy atom. The van der Waals surface area contributed by atoms with E-state index in [0.29, 0.717) is 6.04 Å². The first-order valence-corrected chi connectivity index (χ1v) is 7.03. The van der Waals surface area contributed by atoms with E-state index in [-0.39, 0.29) is 0 Å². The molecule has 1 aromatic rings. The van der Waals surface area contributed by atoms with Crippen molar-refractivity contribution in [3.63, 3.8) is 0 Å². The Balaban J connectivity index is 1.91. The molecule has 2 aliphatic rings. The molecule has 1 fully saturated rings. The number of fused-ring (bicyclic) bond motifs is 1. The van der Waals surface area contributed by atoms with Crippen molar-refractivity contribution in [2.24, 2.45) is 0 Å². The summed E-state index contributed by atoms with van der Waals surface area (Å²) in [6.07, 6.45) is 4.48. The van der Waals surface area contributed by atoms with Gasteiger partial charge in [0.2, 0.25) is 0 Å². The number of hydrogen-bond donors (Lipinski definition) is 0. The van der Waals surface area contributed by atoms with Gasteiger partial charge in [-0.05, 0) is 51.4 Å². The normalized spacial score (nSPS) is 21.8. The highest BCUT2D eigenvalue weighted by atomic mass is 15.3. The van der Waals surface area contributed by atoms with Crippen LogP contribution >= 0.6 is 0 Å². The van der Waals surface area contributed by atoms with E-state index in [2.05, 4.69) is 36.0 Å². The molecule has 0 saturated carbocycles. The van der Waals surface area contributed by atoms with Crippen molar-refractivity contribution in [3.8, 4) is 6.07 Å². The SMILES string of the molecule is CN(C)C1CCN(c2nc3c(cc2C#N)CCC3)C1. The van der Waals surface area contributed by atoms with E-state index < -0.39 is 0 Å². The maximum atomic E-state index is 9.36. The minimum atomic E-state index is 0.571. The molecule has 4 heteroatoms. The fraction of sp³-hybridized carbons (Fsp3) is 0.600. The van der Waals surface area contributed by atoms with Gasteiger partial charge in [0.05, 0.1) is 5.56 Å². The van der Waals surface area contributed by atoms with E-state index in [9.17, 15) is 5.26 Å². The van der Waals surface area contributed by atoms with Crippen molar-refractivity contribution in [1.82, 2.24) is 9.88 Å². The summed E-state index contributed by atoms with van der Waals surface area (Å²) >= 11 is 0. The van der Waals surface area contributed by atoms with Crippen LogP contribution in [0.2, 0.25) is 0 Å². The fourth-order valence-corrected chi connectivity index (χ4v) is 3.14. The number of anilines is 1. The first-order valence-electron chi connectivity index (χ1n) is 7.03. The minimum Gasteiger partial charge on any atom is -0.354 e. The lowest BCUT2D eigenvalue weighted by molar-refractivity contribution is 0.315. The molecule has 0 spiro atoms. The second-order valence-electron chi connectivity index (χ2n) is 5.78. The maximum absolute atomic E-state index is 9.36. The Kier molecular flexibility index (Phi) is 3.16. The van der Waals surface area contributed by atoms with E-state index in [1.165, 1.54) is 17.7 Å². The largest absolute Gasteiger partial charge is 0.354 e. The summed E-state index contributed by atoms with van der Waals surface area (Å²) in [4.78, 5) is 9.33. The predicted molar refractivity (Wildman–Crippen MR) is 75.3 cm³/mol. The first kappa shape index (κ1) is 12.4. The fourth-order valence-electron chi connectivity index (χ4n) is 3.14. The van der Waals surface area contributed by atoms with E-state index in [1.54, 1.807) is 0 Å². The summed E-state index contributed by atoms with van der Waals surface area (Å²) in [5.41, 5.74) is 3.24. The van der Waals surface area contributed by atoms with Crippen LogP contribution in [0.4, 0.5) is 5.82 Å². The van der Waals surface area contributed by atoms with Crippen LogP contribution in [-0.4, -0.2) is 43.1 Å². The molecule has 0 bridgehead atoms. The molecule has 1 saturated heterocycles. The van der Waals surface area contributed by atoms with Crippen molar-refractivity contribution >= 4 is 5.82 Å². The third-order valence-corrected chi connectivity index (χ3v) is 4.34. The summed E-state index contributed by atoms with van der Waals surface area (Å²) in [5.74, 6) is 0.910. The van der Waals surface area contributed by atoms with Crippen molar-refractivity contribution < 1.29 is 0 Å². The first-order chi connectivity index (χ1) is 9.19. The molecule has 3 rings (SSSR count). The number of rotatable bonds is 2. The van der Waals surface area contributed by atoms with Gasteiger partial charge in [-0.15, -0.1) is 0 Å². The quantitative estimate of drug-likeness (QED) is 0.806. The van der Waals surface area contributed by atoms with Crippen LogP contribution < -0.4 is 4.90 Å². The number of hydrogen-bond acceptors (Lipinski definition) is 4. The summed E-state index contributed by atoms with van der Waals surface area (Å²) in [7, 11) is 4.24. The van der Waals surface area contributed by atoms with Crippen LogP contribution in [0, 0.1) is 11.3 Å². The second-order valence-corrected chi connectivity index (χ2v) is 5.78. The molecule has 1 aliphatic heterocycles. The average Bonchev–Trinajstić information content (AvgIpc) is 3.05. The van der Waals surface area contributed by atoms with Gasteiger partial charge in [0.1, 0.15) is 11.9 Å². The Hall–Kier alpha value is -1.60. The van der Waals surface area contributed by atoms with Crippen LogP contribution in [-0.2, 0) is 12.8 Å². The summed E-state index contributed by atoms with van der Waals surface area (Å²) < 4.78 is 0. The van der Waals surface area contributed by atoms with Crippen LogP contribution in [0.3, 0.4) is 0 Å². The van der Waals surface area contributed by atoms with E-state index in [0.717, 1.165) is 43.7 Å². The minimum absolute atomic E-state index is 0.571. The van der Waals surface area contributed by atoms with Gasteiger partial charge in [-0.2, -0.15) is 5.26 Å². The third kappa shape index (κ3) is 2.19. The lowest BCUT2D eigenvalue weighted by Crippen LogP contribution is -2.32. The third-order valence-electron chi connectivity index (χ3n) is 4.34. The van der Waals surface area contributed by atoms with Gasteiger partial charge in [-0.1, -0.05) is 0 Å². The monoisotopic (exact) mass is 256 g/mol. The molecule has 0 aromatic carbocycles. The summed E-state index contributed by atoms with van der Waals surface area (Å²) in [6.45, 7) is 1.98. The second kappa shape index (κ2) is 4.82. The Bertz CT molecular complexity index is 530. The van der Waals surface area contributed by atoms with Gasteiger partial charge in [0.15, 0.2) is 0 Å². The number of likely N-dealkylation sites (N-methyl/N-ethyl adjacent to an activating group) is 1. The molecule has 1 atom stereocenters. The lowest BCUT2D eigenvalue weighted by Gasteiger charge is -2.22. The van der Waals surface area contributed by atoms with Crippen molar-refractivity contribution in [3.05, 3.63) is 22.9 Å². The van der Waals surface area contributed by atoms with E-state index >= 15 is 0 Å². The standard InChI is InChI=1S/C15H20N4/c1-18(2)13-6-7-19(10-13)15-12(9-16)8-11-4-3-5-14(11)17-15/h8,13H,3-7,10H2,1-2H3. The highest BCUT2D eigenvalue weighted by molar-refractivity contribution is 5.57. The molecular weight excluding hydrogens is 236 g/mol. The average molecular weight is 256 g/mol. The zero-order valence-electron chi connectivity index (χ0n) is 11.7. The van der Waals surface area contributed by atoms with Crippen LogP contribution in [0.5, 0.6) is 0 Å². The highest BCUT2D eigenvalue weighted by Crippen LogP contribution is 2.29. The number of aryl methyl sites for hydroxylation is 2. The molecule has 1 unspecified atom stereocenters. The van der Waals surface area contributed by atoms with E-state index in [4.69, 9.17) is 4.98 Å². The molecule has 1 aliphatic carbocycles. The maximum Gasteiger partial charge on any atom is 0.146 e. The number of nitrogens with zero attached hydrogens (tertiary/aromatic N) is 4. The van der Waals surface area contributed by atoms with Crippen molar-refractivity contribution in [1.29, 1.82) is 5.26 Å². The Labute approximate surface area is 114 Å². The molecule has 0 amide bonds. The van der Waals surface area contributed by atoms with Gasteiger partial charge in [0.25, 0.3) is 0 Å². The van der Waals surface area contributed by atoms with Gasteiger partial charge in [0, 0.05) is 24.8 Å². The zero-order chi connectivity index (χ0) is 13.4. The molecule has 100 valence electrons. The van der Waals surface area contributed by atoms with Gasteiger partial charge >= 0.3 is 0 Å². The van der Waals surface area contributed by atoms with Gasteiger partial charge < -0.3 is 9.80 Å². The molecule has 19 heavy (non-hydrogen) atoms. The highest BCUT2D eigenvalue weighted by Gasteiger charge is 2.28. The number of nitriles is 1. The van der Waals surface area contributed by atoms with Gasteiger partial charge in [-0.25, -0.2) is 4.98 Å². The summed E-state index contributed by atoms with van der Waals surface area (Å²) in [5, 5.41) is 9.36. The number of pyridine rings is 1. The topological polar surface area (TPSA) is 43.2 Å². The van der Waals surface area contributed by atoms with Gasteiger partial charge in [-0.3, -0.25) is 0 Å². The molecule has 1 aromatic heterocycles. The molecule has 2 heterocycles. The molecule has 4 nitrogen and oxygen atoms in total. The smallest absolute Gasteiger partial charge is 0.146 e. The lowest BCUT2D eigenvalue weighted by atomic mass is 10.1. The van der Waals surface area contributed by atoms with Crippen LogP contribution in [0.1, 0.15) is 29.7 Å². The summed E-state index contributed by atoms with van der Waals surface area (Å²) in [6, 6.07) is 4.96. The molecular formula is C15H20N4. The Morgan fingerprint density at radius 1 is 1.42 bits per heavy atom. The number of aromatic nitrogens is 1. The van der Waals surface area contributed by atoms with Crippen molar-refractivity contribution in [2.45, 2.75) is 31.7 Å². The van der Waals surface area contributed by atoms with E-state index in [1.807, 2.05) is 0 Å². The molecule has 0 radical (unpaired) electrons. The zero-order valence-corrected chi connectivity index (χ0v) is 11.7. The Morgan fingerprint density at radius 2 is 2.26 bits per heavy atom. The van der Waals surface area contributed by atoms with Crippen LogP contribution in [0.15, 0.2) is 6.07 Å². The van der Waals surface area contributed by atoms with Crippen molar-refractivity contribution in [2.75, 3.05) is 32.1 Å². The van der Waals surface area contributed by atoms with Crippen LogP contribution in [0.25, 0.3) is 0 Å².